The van der Waals surface area contributed by atoms with Crippen LogP contribution in [0.3, 0.4) is 0 Å². The van der Waals surface area contributed by atoms with Gasteiger partial charge in [-0.2, -0.15) is 0 Å². The van der Waals surface area contributed by atoms with Crippen LogP contribution in [0.5, 0.6) is 5.75 Å². The van der Waals surface area contributed by atoms with Crippen LogP contribution in [0, 0.1) is 0 Å². The van der Waals surface area contributed by atoms with Crippen LogP contribution in [-0.2, 0) is 20.9 Å². The lowest BCUT2D eigenvalue weighted by Crippen LogP contribution is -2.54. The fraction of sp³-hybridized carbons (Fsp3) is 0.318. The number of hydrogen-bond acceptors (Lipinski definition) is 5. The van der Waals surface area contributed by atoms with Gasteiger partial charge in [0.15, 0.2) is 0 Å². The zero-order chi connectivity index (χ0) is 21.3. The Kier molecular flexibility index (Phi) is 5.76. The lowest BCUT2D eigenvalue weighted by molar-refractivity contribution is -0.152. The molecule has 0 saturated carbocycles. The van der Waals surface area contributed by atoms with Crippen molar-refractivity contribution < 1.29 is 23.9 Å². The molecule has 0 N–H and O–H groups in total. The van der Waals surface area contributed by atoms with E-state index in [2.05, 4.69) is 15.9 Å². The summed E-state index contributed by atoms with van der Waals surface area (Å²) in [4.78, 5) is 40.8. The van der Waals surface area contributed by atoms with E-state index in [4.69, 9.17) is 9.47 Å². The van der Waals surface area contributed by atoms with Gasteiger partial charge in [-0.25, -0.2) is 4.79 Å². The van der Waals surface area contributed by atoms with Gasteiger partial charge in [0.25, 0.3) is 5.91 Å². The number of hydrogen-bond donors (Lipinski definition) is 0. The maximum atomic E-state index is 13.1. The van der Waals surface area contributed by atoms with Gasteiger partial charge in [0.2, 0.25) is 5.91 Å². The van der Waals surface area contributed by atoms with Gasteiger partial charge in [0.1, 0.15) is 17.9 Å². The molecule has 2 aliphatic rings. The summed E-state index contributed by atoms with van der Waals surface area (Å²) in [6.45, 7) is 0.437. The van der Waals surface area contributed by atoms with Gasteiger partial charge in [0, 0.05) is 10.9 Å². The SMILES string of the molecule is COc1ccc(CN2C(=O)CCC(N3C[C@H](c4cccc(Br)c4)OC3=O)C2=O)cc1. The zero-order valence-electron chi connectivity index (χ0n) is 16.4. The summed E-state index contributed by atoms with van der Waals surface area (Å²) in [6, 6.07) is 14.0. The van der Waals surface area contributed by atoms with E-state index in [1.54, 1.807) is 19.2 Å². The second-order valence-electron chi connectivity index (χ2n) is 7.30. The summed E-state index contributed by atoms with van der Waals surface area (Å²) in [5.74, 6) is 0.100. The first-order valence-electron chi connectivity index (χ1n) is 9.66. The van der Waals surface area contributed by atoms with Crippen LogP contribution in [-0.4, -0.2) is 47.4 Å². The minimum absolute atomic E-state index is 0.163. The summed E-state index contributed by atoms with van der Waals surface area (Å²) < 4.78 is 11.6. The van der Waals surface area contributed by atoms with Crippen molar-refractivity contribution in [3.8, 4) is 5.75 Å². The topological polar surface area (TPSA) is 76.2 Å². The van der Waals surface area contributed by atoms with Gasteiger partial charge >= 0.3 is 6.09 Å². The lowest BCUT2D eigenvalue weighted by Gasteiger charge is -2.34. The highest BCUT2D eigenvalue weighted by molar-refractivity contribution is 9.10. The third-order valence-electron chi connectivity index (χ3n) is 5.42. The smallest absolute Gasteiger partial charge is 0.411 e. The first kappa shape index (κ1) is 20.4. The molecule has 2 aliphatic heterocycles. The van der Waals surface area contributed by atoms with Gasteiger partial charge in [-0.1, -0.05) is 40.2 Å². The van der Waals surface area contributed by atoms with E-state index < -0.39 is 18.2 Å². The number of methoxy groups -OCH3 is 1. The summed E-state index contributed by atoms with van der Waals surface area (Å²) >= 11 is 3.42. The standard InChI is InChI=1S/C22H21BrN2O5/c1-29-17-7-5-14(6-8-17)12-25-20(26)10-9-18(21(25)27)24-13-19(30-22(24)28)15-3-2-4-16(23)11-15/h2-8,11,18-19H,9-10,12-13H2,1H3/t18?,19-/m1/s1. The van der Waals surface area contributed by atoms with Crippen molar-refractivity contribution in [3.05, 3.63) is 64.1 Å². The van der Waals surface area contributed by atoms with E-state index in [1.165, 1.54) is 9.80 Å². The summed E-state index contributed by atoms with van der Waals surface area (Å²) in [5, 5.41) is 0. The molecule has 8 heteroatoms. The van der Waals surface area contributed by atoms with Crippen molar-refractivity contribution >= 4 is 33.8 Å². The highest BCUT2D eigenvalue weighted by Crippen LogP contribution is 2.32. The Labute approximate surface area is 182 Å². The maximum Gasteiger partial charge on any atom is 0.411 e. The number of benzene rings is 2. The predicted molar refractivity (Wildman–Crippen MR) is 112 cm³/mol. The summed E-state index contributed by atoms with van der Waals surface area (Å²) in [5.41, 5.74) is 1.67. The van der Waals surface area contributed by atoms with Gasteiger partial charge in [-0.15, -0.1) is 0 Å². The molecular weight excluding hydrogens is 452 g/mol. The molecule has 2 aromatic carbocycles. The van der Waals surface area contributed by atoms with Crippen molar-refractivity contribution in [1.82, 2.24) is 9.80 Å². The molecule has 7 nitrogen and oxygen atoms in total. The number of carbonyl (C=O) groups is 3. The highest BCUT2D eigenvalue weighted by atomic mass is 79.9. The Morgan fingerprint density at radius 3 is 2.60 bits per heavy atom. The molecule has 2 atom stereocenters. The molecule has 2 aromatic rings. The van der Waals surface area contributed by atoms with Gasteiger partial charge < -0.3 is 9.47 Å². The monoisotopic (exact) mass is 472 g/mol. The molecule has 4 rings (SSSR count). The average molecular weight is 473 g/mol. The number of rotatable bonds is 5. The van der Waals surface area contributed by atoms with E-state index in [-0.39, 0.29) is 31.3 Å². The lowest BCUT2D eigenvalue weighted by atomic mass is 10.0. The Morgan fingerprint density at radius 1 is 1.13 bits per heavy atom. The minimum Gasteiger partial charge on any atom is -0.497 e. The number of likely N-dealkylation sites (tertiary alicyclic amines) is 1. The van der Waals surface area contributed by atoms with Crippen molar-refractivity contribution in [2.24, 2.45) is 0 Å². The Hall–Kier alpha value is -2.87. The van der Waals surface area contributed by atoms with E-state index in [9.17, 15) is 14.4 Å². The number of piperidine rings is 1. The van der Waals surface area contributed by atoms with Crippen LogP contribution in [0.15, 0.2) is 53.0 Å². The maximum absolute atomic E-state index is 13.1. The molecule has 2 fully saturated rings. The molecule has 0 radical (unpaired) electrons. The number of cyclic esters (lactones) is 1. The molecule has 0 aliphatic carbocycles. The van der Waals surface area contributed by atoms with E-state index in [1.807, 2.05) is 36.4 Å². The van der Waals surface area contributed by atoms with Crippen LogP contribution in [0.1, 0.15) is 30.1 Å². The molecule has 2 saturated heterocycles. The van der Waals surface area contributed by atoms with Crippen LogP contribution in [0.25, 0.3) is 0 Å². The molecule has 156 valence electrons. The molecule has 0 bridgehead atoms. The number of amides is 3. The van der Waals surface area contributed by atoms with Crippen LogP contribution in [0.4, 0.5) is 4.79 Å². The quantitative estimate of drug-likeness (QED) is 0.620. The fourth-order valence-electron chi connectivity index (χ4n) is 3.80. The van der Waals surface area contributed by atoms with Crippen LogP contribution < -0.4 is 4.74 Å². The highest BCUT2D eigenvalue weighted by Gasteiger charge is 2.44. The Morgan fingerprint density at radius 2 is 1.90 bits per heavy atom. The molecule has 1 unspecified atom stereocenters. The van der Waals surface area contributed by atoms with Gasteiger partial charge in [0.05, 0.1) is 20.2 Å². The third-order valence-corrected chi connectivity index (χ3v) is 5.91. The number of ether oxygens (including phenoxy) is 2. The molecule has 30 heavy (non-hydrogen) atoms. The fourth-order valence-corrected chi connectivity index (χ4v) is 4.22. The van der Waals surface area contributed by atoms with Crippen molar-refractivity contribution in [2.75, 3.05) is 13.7 Å². The van der Waals surface area contributed by atoms with Crippen molar-refractivity contribution in [3.63, 3.8) is 0 Å². The van der Waals surface area contributed by atoms with Crippen molar-refractivity contribution in [1.29, 1.82) is 0 Å². The van der Waals surface area contributed by atoms with Crippen LogP contribution in [0.2, 0.25) is 0 Å². The minimum atomic E-state index is -0.703. The predicted octanol–water partition coefficient (Wildman–Crippen LogP) is 3.67. The summed E-state index contributed by atoms with van der Waals surface area (Å²) in [6.07, 6.45) is -0.470. The number of halogens is 1. The second kappa shape index (κ2) is 8.47. The molecule has 0 spiro atoms. The largest absolute Gasteiger partial charge is 0.497 e. The number of nitrogens with zero attached hydrogens (tertiary/aromatic N) is 2. The zero-order valence-corrected chi connectivity index (χ0v) is 18.0. The van der Waals surface area contributed by atoms with E-state index >= 15 is 0 Å². The molecule has 0 aromatic heterocycles. The Balaban J connectivity index is 1.49. The first-order chi connectivity index (χ1) is 14.5. The summed E-state index contributed by atoms with van der Waals surface area (Å²) in [7, 11) is 1.58. The molecule has 3 amide bonds. The normalized spacial score (nSPS) is 21.7. The number of imide groups is 1. The first-order valence-corrected chi connectivity index (χ1v) is 10.5. The van der Waals surface area contributed by atoms with Gasteiger partial charge in [-0.3, -0.25) is 19.4 Å². The molecule has 2 heterocycles. The Bertz CT molecular complexity index is 978. The average Bonchev–Trinajstić information content (AvgIpc) is 3.13. The van der Waals surface area contributed by atoms with Crippen molar-refractivity contribution in [2.45, 2.75) is 31.5 Å². The van der Waals surface area contributed by atoms with E-state index in [0.717, 1.165) is 15.6 Å². The molecular formula is C22H21BrN2O5. The van der Waals surface area contributed by atoms with E-state index in [0.29, 0.717) is 12.2 Å². The van der Waals surface area contributed by atoms with Gasteiger partial charge in [-0.05, 0) is 41.8 Å². The second-order valence-corrected chi connectivity index (χ2v) is 8.22. The number of carbonyl (C=O) groups excluding carboxylic acids is 3. The van der Waals surface area contributed by atoms with Crippen LogP contribution >= 0.6 is 15.9 Å². The third kappa shape index (κ3) is 4.05.